The van der Waals surface area contributed by atoms with Gasteiger partial charge in [-0.3, -0.25) is 14.5 Å². The van der Waals surface area contributed by atoms with Crippen LogP contribution in [0, 0.1) is 0 Å². The maximum Gasteiger partial charge on any atom is 0.351 e. The molecule has 1 fully saturated rings. The number of fused-ring (bicyclic) bond motifs is 1. The Morgan fingerprint density at radius 2 is 1.85 bits per heavy atom. The van der Waals surface area contributed by atoms with Gasteiger partial charge in [-0.1, -0.05) is 17.2 Å². The molecule has 1 unspecified atom stereocenters. The third-order valence-electron chi connectivity index (χ3n) is 3.31. The van der Waals surface area contributed by atoms with Crippen LogP contribution in [0.5, 0.6) is 0 Å². The van der Waals surface area contributed by atoms with Crippen molar-refractivity contribution in [2.45, 2.75) is 6.04 Å². The SMILES string of the molecule is CN1CSCC1C(=O)ON1C(=O)c2ccccc2C1=O. The number of amides is 2. The molecular weight excluding hydrogens is 280 g/mol. The molecule has 0 radical (unpaired) electrons. The Balaban J connectivity index is 1.78. The van der Waals surface area contributed by atoms with Crippen molar-refractivity contribution < 1.29 is 19.2 Å². The van der Waals surface area contributed by atoms with E-state index in [1.807, 2.05) is 4.90 Å². The number of thioether (sulfide) groups is 1. The van der Waals surface area contributed by atoms with E-state index >= 15 is 0 Å². The van der Waals surface area contributed by atoms with Gasteiger partial charge < -0.3 is 4.84 Å². The van der Waals surface area contributed by atoms with Crippen LogP contribution in [0.25, 0.3) is 0 Å². The minimum absolute atomic E-state index is 0.263. The quantitative estimate of drug-likeness (QED) is 0.749. The summed E-state index contributed by atoms with van der Waals surface area (Å²) in [7, 11) is 1.80. The van der Waals surface area contributed by atoms with Crippen molar-refractivity contribution in [3.05, 3.63) is 35.4 Å². The summed E-state index contributed by atoms with van der Waals surface area (Å²) < 4.78 is 0. The number of carbonyl (C=O) groups is 3. The Bertz CT molecular complexity index is 569. The molecule has 1 aromatic rings. The Labute approximate surface area is 119 Å². The summed E-state index contributed by atoms with van der Waals surface area (Å²) >= 11 is 1.60. The lowest BCUT2D eigenvalue weighted by molar-refractivity contribution is -0.173. The van der Waals surface area contributed by atoms with E-state index in [0.717, 1.165) is 5.88 Å². The van der Waals surface area contributed by atoms with Crippen LogP contribution >= 0.6 is 11.8 Å². The molecule has 6 nitrogen and oxygen atoms in total. The number of nitrogens with zero attached hydrogens (tertiary/aromatic N) is 2. The standard InChI is InChI=1S/C13H12N2O4S/c1-14-7-20-6-10(14)13(18)19-15-11(16)8-4-2-3-5-9(8)12(15)17/h2-5,10H,6-7H2,1H3. The first-order chi connectivity index (χ1) is 9.59. The Kier molecular flexibility index (Phi) is 3.23. The zero-order valence-corrected chi connectivity index (χ0v) is 11.6. The number of likely N-dealkylation sites (N-methyl/N-ethyl adjacent to an activating group) is 1. The van der Waals surface area contributed by atoms with Gasteiger partial charge >= 0.3 is 5.97 Å². The molecule has 2 heterocycles. The first kappa shape index (κ1) is 13.1. The lowest BCUT2D eigenvalue weighted by Crippen LogP contribution is -2.42. The minimum atomic E-state index is -0.591. The highest BCUT2D eigenvalue weighted by molar-refractivity contribution is 7.99. The van der Waals surface area contributed by atoms with Crippen LogP contribution in [-0.4, -0.2) is 52.5 Å². The van der Waals surface area contributed by atoms with Gasteiger partial charge in [-0.25, -0.2) is 4.79 Å². The second-order valence-electron chi connectivity index (χ2n) is 4.63. The predicted octanol–water partition coefficient (Wildman–Crippen LogP) is 0.745. The summed E-state index contributed by atoms with van der Waals surface area (Å²) in [6, 6.07) is 5.99. The summed E-state index contributed by atoms with van der Waals surface area (Å²) in [6.07, 6.45) is 0. The summed E-state index contributed by atoms with van der Waals surface area (Å²) in [6.45, 7) is 0. The molecule has 1 aromatic carbocycles. The van der Waals surface area contributed by atoms with Crippen molar-refractivity contribution in [1.29, 1.82) is 0 Å². The number of carbonyl (C=O) groups excluding carboxylic acids is 3. The van der Waals surface area contributed by atoms with Crippen molar-refractivity contribution in [3.63, 3.8) is 0 Å². The average molecular weight is 292 g/mol. The molecule has 2 aliphatic heterocycles. The fourth-order valence-electron chi connectivity index (χ4n) is 2.17. The molecule has 7 heteroatoms. The second kappa shape index (κ2) is 4.92. The van der Waals surface area contributed by atoms with Crippen LogP contribution in [0.1, 0.15) is 20.7 Å². The normalized spacial score (nSPS) is 22.2. The molecule has 2 amide bonds. The highest BCUT2D eigenvalue weighted by Gasteiger charge is 2.41. The third kappa shape index (κ3) is 1.99. The van der Waals surface area contributed by atoms with Gasteiger partial charge in [0.25, 0.3) is 11.8 Å². The van der Waals surface area contributed by atoms with Gasteiger partial charge in [-0.05, 0) is 19.2 Å². The van der Waals surface area contributed by atoms with Crippen molar-refractivity contribution >= 4 is 29.5 Å². The number of rotatable bonds is 2. The zero-order chi connectivity index (χ0) is 14.3. The van der Waals surface area contributed by atoms with Gasteiger partial charge in [0.15, 0.2) is 0 Å². The fraction of sp³-hybridized carbons (Fsp3) is 0.308. The molecule has 0 aliphatic carbocycles. The van der Waals surface area contributed by atoms with Crippen LogP contribution < -0.4 is 0 Å². The van der Waals surface area contributed by atoms with Crippen molar-refractivity contribution in [1.82, 2.24) is 9.96 Å². The van der Waals surface area contributed by atoms with E-state index in [1.54, 1.807) is 43.1 Å². The third-order valence-corrected chi connectivity index (χ3v) is 4.45. The van der Waals surface area contributed by atoms with Crippen LogP contribution in [0.2, 0.25) is 0 Å². The number of hydroxylamine groups is 2. The van der Waals surface area contributed by atoms with Gasteiger partial charge in [-0.2, -0.15) is 0 Å². The van der Waals surface area contributed by atoms with E-state index in [9.17, 15) is 14.4 Å². The number of hydrogen-bond donors (Lipinski definition) is 0. The van der Waals surface area contributed by atoms with E-state index in [4.69, 9.17) is 4.84 Å². The molecule has 1 atom stereocenters. The summed E-state index contributed by atoms with van der Waals surface area (Å²) in [5.41, 5.74) is 0.527. The molecule has 0 bridgehead atoms. The number of benzene rings is 1. The van der Waals surface area contributed by atoms with Crippen molar-refractivity contribution in [2.75, 3.05) is 18.7 Å². The number of hydrogen-bond acceptors (Lipinski definition) is 6. The lowest BCUT2D eigenvalue weighted by Gasteiger charge is -2.19. The van der Waals surface area contributed by atoms with Crippen LogP contribution in [0.15, 0.2) is 24.3 Å². The predicted molar refractivity (Wildman–Crippen MR) is 71.9 cm³/mol. The molecule has 0 N–H and O–H groups in total. The maximum atomic E-state index is 12.0. The molecule has 104 valence electrons. The molecular formula is C13H12N2O4S. The topological polar surface area (TPSA) is 66.9 Å². The Morgan fingerprint density at radius 1 is 1.25 bits per heavy atom. The fourth-order valence-corrected chi connectivity index (χ4v) is 3.36. The molecule has 2 aliphatic rings. The van der Waals surface area contributed by atoms with Crippen molar-refractivity contribution in [3.8, 4) is 0 Å². The zero-order valence-electron chi connectivity index (χ0n) is 10.7. The first-order valence-corrected chi connectivity index (χ1v) is 7.22. The van der Waals surface area contributed by atoms with E-state index < -0.39 is 23.8 Å². The summed E-state index contributed by atoms with van der Waals surface area (Å²) in [5.74, 6) is -0.438. The highest BCUT2D eigenvalue weighted by atomic mass is 32.2. The van der Waals surface area contributed by atoms with Crippen LogP contribution in [-0.2, 0) is 9.63 Å². The molecule has 1 saturated heterocycles. The van der Waals surface area contributed by atoms with Crippen molar-refractivity contribution in [2.24, 2.45) is 0 Å². The van der Waals surface area contributed by atoms with Gasteiger partial charge in [0.05, 0.1) is 11.1 Å². The molecule has 20 heavy (non-hydrogen) atoms. The largest absolute Gasteiger partial charge is 0.351 e. The first-order valence-electron chi connectivity index (χ1n) is 6.07. The van der Waals surface area contributed by atoms with Gasteiger partial charge in [0.2, 0.25) is 0 Å². The molecule has 0 aromatic heterocycles. The monoisotopic (exact) mass is 292 g/mol. The Morgan fingerprint density at radius 3 is 2.35 bits per heavy atom. The van der Waals surface area contributed by atoms with Gasteiger partial charge in [-0.15, -0.1) is 11.8 Å². The smallest absolute Gasteiger partial charge is 0.328 e. The average Bonchev–Trinajstić information content (AvgIpc) is 2.97. The maximum absolute atomic E-state index is 12.0. The highest BCUT2D eigenvalue weighted by Crippen LogP contribution is 2.25. The van der Waals surface area contributed by atoms with E-state index in [2.05, 4.69) is 0 Å². The lowest BCUT2D eigenvalue weighted by atomic mass is 10.1. The minimum Gasteiger partial charge on any atom is -0.328 e. The van der Waals surface area contributed by atoms with E-state index in [0.29, 0.717) is 10.8 Å². The van der Waals surface area contributed by atoms with Crippen LogP contribution in [0.4, 0.5) is 0 Å². The van der Waals surface area contributed by atoms with Gasteiger partial charge in [0, 0.05) is 11.6 Å². The van der Waals surface area contributed by atoms with Gasteiger partial charge in [0.1, 0.15) is 6.04 Å². The van der Waals surface area contributed by atoms with Crippen LogP contribution in [0.3, 0.4) is 0 Å². The van der Waals surface area contributed by atoms with E-state index in [1.165, 1.54) is 0 Å². The summed E-state index contributed by atoms with van der Waals surface area (Å²) in [4.78, 5) is 43.0. The second-order valence-corrected chi connectivity index (χ2v) is 5.63. The molecule has 0 spiro atoms. The van der Waals surface area contributed by atoms with E-state index in [-0.39, 0.29) is 11.1 Å². The number of imide groups is 1. The Hall–Kier alpha value is -1.86. The molecule has 3 rings (SSSR count). The molecule has 0 saturated carbocycles. The summed E-state index contributed by atoms with van der Waals surface area (Å²) in [5, 5.41) is 0.559.